The third kappa shape index (κ3) is 8.77. The van der Waals surface area contributed by atoms with Gasteiger partial charge >= 0.3 is 0 Å². The first kappa shape index (κ1) is 35.4. The van der Waals surface area contributed by atoms with Crippen LogP contribution in [0, 0.1) is 18.3 Å². The van der Waals surface area contributed by atoms with E-state index in [0.717, 1.165) is 59.4 Å². The van der Waals surface area contributed by atoms with E-state index in [4.69, 9.17) is 48.4 Å². The number of ether oxygens (including phenoxy) is 3. The van der Waals surface area contributed by atoms with E-state index in [1.54, 1.807) is 24.4 Å². The van der Waals surface area contributed by atoms with Crippen LogP contribution >= 0.6 is 23.2 Å². The molecule has 3 aromatic carbocycles. The molecular formula is C37H40Cl2N4O5. The lowest BCUT2D eigenvalue weighted by Crippen LogP contribution is -2.46. The maximum absolute atomic E-state index is 10.2. The molecule has 4 N–H and O–H groups in total. The maximum atomic E-state index is 10.2. The second-order valence-corrected chi connectivity index (χ2v) is 12.8. The largest absolute Gasteiger partial charge is 0.492 e. The van der Waals surface area contributed by atoms with Gasteiger partial charge in [-0.2, -0.15) is 5.26 Å². The Morgan fingerprint density at radius 1 is 0.938 bits per heavy atom. The Hall–Kier alpha value is -3.88. The number of nitrogens with two attached hydrogens (primary N) is 1. The van der Waals surface area contributed by atoms with Gasteiger partial charge in [0, 0.05) is 61.3 Å². The molecule has 0 radical (unpaired) electrons. The summed E-state index contributed by atoms with van der Waals surface area (Å²) in [7, 11) is 0. The fraction of sp³-hybridized carbons (Fsp3) is 0.351. The van der Waals surface area contributed by atoms with E-state index in [2.05, 4.69) is 16.0 Å². The van der Waals surface area contributed by atoms with Crippen molar-refractivity contribution in [2.45, 2.75) is 51.5 Å². The third-order valence-electron chi connectivity index (χ3n) is 8.69. The zero-order valence-corrected chi connectivity index (χ0v) is 28.4. The van der Waals surface area contributed by atoms with Crippen LogP contribution in [0.25, 0.3) is 11.1 Å². The van der Waals surface area contributed by atoms with Crippen molar-refractivity contribution < 1.29 is 24.4 Å². The van der Waals surface area contributed by atoms with Crippen LogP contribution in [0.4, 0.5) is 0 Å². The van der Waals surface area contributed by atoms with Gasteiger partial charge in [-0.25, -0.2) is 0 Å². The molecule has 0 aliphatic carbocycles. The van der Waals surface area contributed by atoms with E-state index in [9.17, 15) is 10.2 Å². The molecule has 9 nitrogen and oxygen atoms in total. The highest BCUT2D eigenvalue weighted by molar-refractivity contribution is 6.35. The topological polar surface area (TPSA) is 134 Å². The number of nitriles is 1. The minimum absolute atomic E-state index is 0.192. The van der Waals surface area contributed by atoms with Crippen LogP contribution in [0.2, 0.25) is 10.0 Å². The molecule has 1 aliphatic heterocycles. The summed E-state index contributed by atoms with van der Waals surface area (Å²) in [6, 6.07) is 19.1. The zero-order valence-electron chi connectivity index (χ0n) is 26.9. The Bertz CT molecular complexity index is 1750. The number of aliphatic hydroxyl groups is 2. The molecule has 48 heavy (non-hydrogen) atoms. The first-order valence-corrected chi connectivity index (χ1v) is 16.7. The van der Waals surface area contributed by atoms with Gasteiger partial charge in [0.15, 0.2) is 0 Å². The predicted molar refractivity (Wildman–Crippen MR) is 186 cm³/mol. The second kappa shape index (κ2) is 16.5. The lowest BCUT2D eigenvalue weighted by atomic mass is 9.92. The summed E-state index contributed by atoms with van der Waals surface area (Å²) in [5, 5.41) is 29.8. The van der Waals surface area contributed by atoms with Crippen molar-refractivity contribution in [1.82, 2.24) is 9.88 Å². The molecule has 1 saturated heterocycles. The molecular weight excluding hydrogens is 651 g/mol. The van der Waals surface area contributed by atoms with Crippen molar-refractivity contribution in [2.75, 3.05) is 32.8 Å². The van der Waals surface area contributed by atoms with Crippen molar-refractivity contribution in [3.8, 4) is 34.4 Å². The molecule has 0 saturated carbocycles. The minimum Gasteiger partial charge on any atom is -0.492 e. The van der Waals surface area contributed by atoms with Crippen LogP contribution in [0.5, 0.6) is 17.2 Å². The van der Waals surface area contributed by atoms with Gasteiger partial charge < -0.3 is 35.1 Å². The molecule has 0 amide bonds. The molecule has 0 unspecified atom stereocenters. The lowest BCUT2D eigenvalue weighted by molar-refractivity contribution is -0.0596. The molecule has 5 rings (SSSR count). The highest BCUT2D eigenvalue weighted by Crippen LogP contribution is 2.38. The first-order chi connectivity index (χ1) is 23.2. The molecule has 1 fully saturated rings. The van der Waals surface area contributed by atoms with Crippen molar-refractivity contribution in [2.24, 2.45) is 5.73 Å². The molecule has 0 spiro atoms. The van der Waals surface area contributed by atoms with Crippen LogP contribution in [0.1, 0.15) is 47.1 Å². The van der Waals surface area contributed by atoms with Gasteiger partial charge in [0.1, 0.15) is 36.5 Å². The number of halogens is 2. The van der Waals surface area contributed by atoms with Crippen LogP contribution < -0.4 is 19.9 Å². The molecule has 252 valence electrons. The first-order valence-electron chi connectivity index (χ1n) is 15.9. The Kier molecular flexibility index (Phi) is 12.2. The number of hydrogen-bond acceptors (Lipinski definition) is 9. The summed E-state index contributed by atoms with van der Waals surface area (Å²) in [4.78, 5) is 6.37. The van der Waals surface area contributed by atoms with Crippen LogP contribution in [0.15, 0.2) is 67.0 Å². The van der Waals surface area contributed by atoms with Gasteiger partial charge in [-0.05, 0) is 61.1 Å². The SMILES string of the molecule is Cc1c(COc2cc(OCc3cncc(C#N)c3)c(CN)cc2Cl)cccc1-c1cccc(OCCCN2CCC(O)(CO)CC2)c1Cl. The van der Waals surface area contributed by atoms with Gasteiger partial charge in [0.05, 0.1) is 34.4 Å². The summed E-state index contributed by atoms with van der Waals surface area (Å²) < 4.78 is 18.4. The van der Waals surface area contributed by atoms with Crippen molar-refractivity contribution in [1.29, 1.82) is 5.26 Å². The Morgan fingerprint density at radius 2 is 1.69 bits per heavy atom. The molecule has 11 heteroatoms. The number of aromatic nitrogens is 1. The van der Waals surface area contributed by atoms with Crippen LogP contribution in [0.3, 0.4) is 0 Å². The van der Waals surface area contributed by atoms with Gasteiger partial charge in [0.2, 0.25) is 0 Å². The number of hydrogen-bond donors (Lipinski definition) is 3. The zero-order chi connectivity index (χ0) is 34.1. The van der Waals surface area contributed by atoms with E-state index in [1.165, 1.54) is 6.20 Å². The highest BCUT2D eigenvalue weighted by atomic mass is 35.5. The fourth-order valence-corrected chi connectivity index (χ4v) is 6.23. The number of nitrogens with zero attached hydrogens (tertiary/aromatic N) is 3. The Morgan fingerprint density at radius 3 is 2.44 bits per heavy atom. The summed E-state index contributed by atoms with van der Waals surface area (Å²) in [5.74, 6) is 1.62. The monoisotopic (exact) mass is 690 g/mol. The average molecular weight is 692 g/mol. The smallest absolute Gasteiger partial charge is 0.142 e. The maximum Gasteiger partial charge on any atom is 0.142 e. The molecule has 1 aromatic heterocycles. The highest BCUT2D eigenvalue weighted by Gasteiger charge is 2.31. The minimum atomic E-state index is -0.948. The van der Waals surface area contributed by atoms with Gasteiger partial charge in [-0.15, -0.1) is 0 Å². The summed E-state index contributed by atoms with van der Waals surface area (Å²) >= 11 is 13.5. The normalized spacial score (nSPS) is 14.4. The van der Waals surface area contributed by atoms with Crippen molar-refractivity contribution >= 4 is 23.2 Å². The summed E-state index contributed by atoms with van der Waals surface area (Å²) in [5.41, 5.74) is 10.8. The molecule has 0 bridgehead atoms. The summed E-state index contributed by atoms with van der Waals surface area (Å²) in [6.45, 7) is 5.40. The number of pyridine rings is 1. The molecule has 1 aliphatic rings. The van der Waals surface area contributed by atoms with Crippen molar-refractivity contribution in [3.63, 3.8) is 0 Å². The van der Waals surface area contributed by atoms with Crippen LogP contribution in [-0.2, 0) is 19.8 Å². The number of aliphatic hydroxyl groups excluding tert-OH is 1. The predicted octanol–water partition coefficient (Wildman–Crippen LogP) is 6.44. The van der Waals surface area contributed by atoms with E-state index in [0.29, 0.717) is 52.3 Å². The number of likely N-dealkylation sites (tertiary alicyclic amines) is 1. The van der Waals surface area contributed by atoms with E-state index >= 15 is 0 Å². The Labute approximate surface area is 291 Å². The third-order valence-corrected chi connectivity index (χ3v) is 9.38. The molecule has 0 atom stereocenters. The second-order valence-electron chi connectivity index (χ2n) is 12.0. The summed E-state index contributed by atoms with van der Waals surface area (Å²) in [6.07, 6.45) is 5.11. The van der Waals surface area contributed by atoms with Crippen LogP contribution in [-0.4, -0.2) is 58.5 Å². The van der Waals surface area contributed by atoms with E-state index in [-0.39, 0.29) is 26.4 Å². The number of piperidine rings is 1. The van der Waals surface area contributed by atoms with E-state index < -0.39 is 5.60 Å². The van der Waals surface area contributed by atoms with E-state index in [1.807, 2.05) is 43.3 Å². The Balaban J connectivity index is 1.23. The standard InChI is InChI=1S/C37H40Cl2N4O5/c1-25-28(23-48-35-17-34(29(19-41)16-32(35)38)47-22-27-15-26(18-40)20-42-21-27)5-2-6-30(25)31-7-3-8-33(36(31)39)46-14-4-11-43-12-9-37(45,24-44)10-13-43/h2-3,5-8,15-17,20-21,44-45H,4,9-14,19,22-24,41H2,1H3. The average Bonchev–Trinajstić information content (AvgIpc) is 3.11. The number of rotatable bonds is 14. The fourth-order valence-electron chi connectivity index (χ4n) is 5.71. The number of benzene rings is 3. The molecule has 4 aromatic rings. The lowest BCUT2D eigenvalue weighted by Gasteiger charge is -2.36. The van der Waals surface area contributed by atoms with Gasteiger partial charge in [-0.1, -0.05) is 53.5 Å². The van der Waals surface area contributed by atoms with Gasteiger partial charge in [0.25, 0.3) is 0 Å². The molecule has 2 heterocycles. The quantitative estimate of drug-likeness (QED) is 0.128. The van der Waals surface area contributed by atoms with Gasteiger partial charge in [-0.3, -0.25) is 4.98 Å². The van der Waals surface area contributed by atoms with Crippen molar-refractivity contribution in [3.05, 3.63) is 105 Å².